The first-order valence-electron chi connectivity index (χ1n) is 6.56. The summed E-state index contributed by atoms with van der Waals surface area (Å²) >= 11 is 0. The number of carbonyl (C=O) groups is 1. The molecular weight excluding hydrogens is 278 g/mol. The van der Waals surface area contributed by atoms with Gasteiger partial charge in [0.2, 0.25) is 0 Å². The molecule has 1 saturated heterocycles. The third-order valence-electron chi connectivity index (χ3n) is 3.64. The first-order chi connectivity index (χ1) is 9.91. The maximum absolute atomic E-state index is 11.2. The summed E-state index contributed by atoms with van der Waals surface area (Å²) in [6.45, 7) is 4.55. The van der Waals surface area contributed by atoms with Crippen molar-refractivity contribution in [1.29, 1.82) is 0 Å². The molecule has 2 heterocycles. The highest BCUT2D eigenvalue weighted by Crippen LogP contribution is 2.25. The summed E-state index contributed by atoms with van der Waals surface area (Å²) in [7, 11) is 0. The number of aryl methyl sites for hydroxylation is 1. The van der Waals surface area contributed by atoms with E-state index in [9.17, 15) is 20.0 Å². The van der Waals surface area contributed by atoms with Crippen LogP contribution in [0.25, 0.3) is 0 Å². The van der Waals surface area contributed by atoms with E-state index < -0.39 is 16.9 Å². The van der Waals surface area contributed by atoms with Crippen LogP contribution in [0.1, 0.15) is 16.8 Å². The SMILES string of the molecule is Cc1cnc(CN2CCOCC2C(=O)O)c(C)c1[N+](=O)[O-]. The number of pyridine rings is 1. The Kier molecular flexibility index (Phi) is 4.49. The minimum absolute atomic E-state index is 0.0418. The Morgan fingerprint density at radius 1 is 1.62 bits per heavy atom. The van der Waals surface area contributed by atoms with Gasteiger partial charge in [-0.15, -0.1) is 0 Å². The number of nitro groups is 1. The standard InChI is InChI=1S/C13H17N3O5/c1-8-5-14-10(9(2)12(8)16(19)20)6-15-3-4-21-7-11(15)13(17)18/h5,11H,3-4,6-7H2,1-2H3,(H,17,18). The lowest BCUT2D eigenvalue weighted by Crippen LogP contribution is -2.49. The van der Waals surface area contributed by atoms with Crippen LogP contribution in [0.2, 0.25) is 0 Å². The Labute approximate surface area is 121 Å². The van der Waals surface area contributed by atoms with Gasteiger partial charge < -0.3 is 9.84 Å². The molecular formula is C13H17N3O5. The second kappa shape index (κ2) is 6.15. The van der Waals surface area contributed by atoms with Gasteiger partial charge in [0, 0.05) is 30.4 Å². The van der Waals surface area contributed by atoms with Gasteiger partial charge in [-0.05, 0) is 13.8 Å². The van der Waals surface area contributed by atoms with Crippen molar-refractivity contribution in [2.24, 2.45) is 0 Å². The van der Waals surface area contributed by atoms with E-state index in [1.165, 1.54) is 6.20 Å². The maximum atomic E-state index is 11.2. The minimum atomic E-state index is -0.964. The summed E-state index contributed by atoms with van der Waals surface area (Å²) in [5.41, 5.74) is 1.55. The molecule has 1 unspecified atom stereocenters. The molecule has 114 valence electrons. The molecule has 0 aromatic carbocycles. The second-order valence-corrected chi connectivity index (χ2v) is 5.02. The Hall–Kier alpha value is -2.06. The number of rotatable bonds is 4. The van der Waals surface area contributed by atoms with Gasteiger partial charge in [0.05, 0.1) is 23.8 Å². The van der Waals surface area contributed by atoms with Crippen LogP contribution in [0, 0.1) is 24.0 Å². The van der Waals surface area contributed by atoms with Gasteiger partial charge >= 0.3 is 5.97 Å². The highest BCUT2D eigenvalue weighted by Gasteiger charge is 2.30. The van der Waals surface area contributed by atoms with E-state index in [0.717, 1.165) is 0 Å². The number of hydrogen-bond acceptors (Lipinski definition) is 6. The summed E-state index contributed by atoms with van der Waals surface area (Å²) in [6, 6.07) is -0.750. The summed E-state index contributed by atoms with van der Waals surface area (Å²) < 4.78 is 5.17. The Morgan fingerprint density at radius 3 is 2.95 bits per heavy atom. The van der Waals surface area contributed by atoms with Crippen molar-refractivity contribution in [1.82, 2.24) is 9.88 Å². The largest absolute Gasteiger partial charge is 0.480 e. The van der Waals surface area contributed by atoms with Crippen molar-refractivity contribution in [3.63, 3.8) is 0 Å². The van der Waals surface area contributed by atoms with Crippen molar-refractivity contribution in [3.8, 4) is 0 Å². The van der Waals surface area contributed by atoms with Gasteiger partial charge in [0.15, 0.2) is 0 Å². The quantitative estimate of drug-likeness (QED) is 0.649. The van der Waals surface area contributed by atoms with Gasteiger partial charge in [0.1, 0.15) is 6.04 Å². The highest BCUT2D eigenvalue weighted by atomic mass is 16.6. The van der Waals surface area contributed by atoms with Crippen molar-refractivity contribution >= 4 is 11.7 Å². The van der Waals surface area contributed by atoms with Crippen LogP contribution in [-0.4, -0.2) is 51.7 Å². The van der Waals surface area contributed by atoms with E-state index in [0.29, 0.717) is 30.0 Å². The fraction of sp³-hybridized carbons (Fsp3) is 0.538. The van der Waals surface area contributed by atoms with E-state index >= 15 is 0 Å². The summed E-state index contributed by atoms with van der Waals surface area (Å²) in [5.74, 6) is -0.964. The maximum Gasteiger partial charge on any atom is 0.323 e. The molecule has 8 nitrogen and oxygen atoms in total. The second-order valence-electron chi connectivity index (χ2n) is 5.02. The summed E-state index contributed by atoms with van der Waals surface area (Å²) in [4.78, 5) is 27.9. The molecule has 0 spiro atoms. The van der Waals surface area contributed by atoms with Gasteiger partial charge in [-0.3, -0.25) is 24.8 Å². The average Bonchev–Trinajstić information content (AvgIpc) is 2.42. The lowest BCUT2D eigenvalue weighted by atomic mass is 10.1. The molecule has 1 N–H and O–H groups in total. The molecule has 1 atom stereocenters. The summed E-state index contributed by atoms with van der Waals surface area (Å²) in [5, 5.41) is 20.3. The first-order valence-corrected chi connectivity index (χ1v) is 6.56. The number of hydrogen-bond donors (Lipinski definition) is 1. The van der Waals surface area contributed by atoms with Crippen LogP contribution in [0.15, 0.2) is 6.20 Å². The Morgan fingerprint density at radius 2 is 2.33 bits per heavy atom. The number of aromatic nitrogens is 1. The zero-order valence-electron chi connectivity index (χ0n) is 11.9. The topological polar surface area (TPSA) is 106 Å². The third kappa shape index (κ3) is 3.17. The molecule has 0 saturated carbocycles. The number of morpholine rings is 1. The summed E-state index contributed by atoms with van der Waals surface area (Å²) in [6.07, 6.45) is 1.46. The number of nitrogens with zero attached hydrogens (tertiary/aromatic N) is 3. The van der Waals surface area contributed by atoms with Crippen molar-refractivity contribution in [3.05, 3.63) is 33.1 Å². The first kappa shape index (κ1) is 15.3. The normalized spacial score (nSPS) is 19.4. The van der Waals surface area contributed by atoms with Crippen molar-refractivity contribution in [2.45, 2.75) is 26.4 Å². The van der Waals surface area contributed by atoms with Crippen LogP contribution < -0.4 is 0 Å². The van der Waals surface area contributed by atoms with E-state index in [2.05, 4.69) is 4.98 Å². The van der Waals surface area contributed by atoms with E-state index in [4.69, 9.17) is 4.74 Å². The molecule has 0 amide bonds. The number of carboxylic acid groups (broad SMARTS) is 1. The van der Waals surface area contributed by atoms with Crippen LogP contribution in [-0.2, 0) is 16.1 Å². The average molecular weight is 295 g/mol. The third-order valence-corrected chi connectivity index (χ3v) is 3.64. The lowest BCUT2D eigenvalue weighted by molar-refractivity contribution is -0.386. The monoisotopic (exact) mass is 295 g/mol. The van der Waals surface area contributed by atoms with Crippen LogP contribution in [0.3, 0.4) is 0 Å². The Bertz CT molecular complexity index is 575. The molecule has 1 aromatic rings. The molecule has 8 heteroatoms. The highest BCUT2D eigenvalue weighted by molar-refractivity contribution is 5.73. The number of carboxylic acids is 1. The Balaban J connectivity index is 2.28. The predicted molar refractivity (Wildman–Crippen MR) is 73.0 cm³/mol. The van der Waals surface area contributed by atoms with Crippen LogP contribution >= 0.6 is 0 Å². The fourth-order valence-electron chi connectivity index (χ4n) is 2.45. The molecule has 21 heavy (non-hydrogen) atoms. The van der Waals surface area contributed by atoms with Gasteiger partial charge in [-0.1, -0.05) is 0 Å². The fourth-order valence-corrected chi connectivity index (χ4v) is 2.45. The number of ether oxygens (including phenoxy) is 1. The molecule has 0 radical (unpaired) electrons. The van der Waals surface area contributed by atoms with E-state index in [1.807, 2.05) is 0 Å². The lowest BCUT2D eigenvalue weighted by Gasteiger charge is -2.32. The van der Waals surface area contributed by atoms with Gasteiger partial charge in [-0.25, -0.2) is 0 Å². The number of aliphatic carboxylic acids is 1. The molecule has 1 aliphatic heterocycles. The zero-order valence-corrected chi connectivity index (χ0v) is 11.9. The van der Waals surface area contributed by atoms with Crippen molar-refractivity contribution < 1.29 is 19.6 Å². The zero-order chi connectivity index (χ0) is 15.6. The molecule has 1 fully saturated rings. The minimum Gasteiger partial charge on any atom is -0.480 e. The van der Waals surface area contributed by atoms with Gasteiger partial charge in [0.25, 0.3) is 5.69 Å². The molecule has 1 aromatic heterocycles. The molecule has 2 rings (SSSR count). The van der Waals surface area contributed by atoms with Crippen LogP contribution in [0.4, 0.5) is 5.69 Å². The smallest absolute Gasteiger partial charge is 0.323 e. The van der Waals surface area contributed by atoms with Crippen LogP contribution in [0.5, 0.6) is 0 Å². The molecule has 0 bridgehead atoms. The van der Waals surface area contributed by atoms with Gasteiger partial charge in [-0.2, -0.15) is 0 Å². The van der Waals surface area contributed by atoms with E-state index in [1.54, 1.807) is 18.7 Å². The predicted octanol–water partition coefficient (Wildman–Crippen LogP) is 0.892. The molecule has 1 aliphatic rings. The molecule has 0 aliphatic carbocycles. The van der Waals surface area contributed by atoms with Crippen molar-refractivity contribution in [2.75, 3.05) is 19.8 Å². The van der Waals surface area contributed by atoms with E-state index in [-0.39, 0.29) is 18.8 Å².